The van der Waals surface area contributed by atoms with E-state index in [1.54, 1.807) is 0 Å². The highest BCUT2D eigenvalue weighted by Gasteiger charge is 2.19. The number of para-hydroxylation sites is 1. The van der Waals surface area contributed by atoms with Crippen LogP contribution in [0.5, 0.6) is 0 Å². The van der Waals surface area contributed by atoms with Crippen LogP contribution in [-0.2, 0) is 11.2 Å². The van der Waals surface area contributed by atoms with Crippen molar-refractivity contribution in [2.24, 2.45) is 0 Å². The Kier molecular flexibility index (Phi) is 4.88. The molecule has 0 atom stereocenters. The summed E-state index contributed by atoms with van der Waals surface area (Å²) in [5, 5.41) is 2.37. The summed E-state index contributed by atoms with van der Waals surface area (Å²) in [7, 11) is 0. The largest absolute Gasteiger partial charge is 0.439 e. The number of unbranched alkanes of at least 4 members (excludes halogenated alkanes) is 3. The van der Waals surface area contributed by atoms with Gasteiger partial charge in [-0.05, 0) is 18.9 Å². The third-order valence-electron chi connectivity index (χ3n) is 5.02. The fraction of sp³-hybridized carbons (Fsp3) is 0.476. The van der Waals surface area contributed by atoms with Crippen LogP contribution in [0.2, 0.25) is 0 Å². The Hall–Kier alpha value is -2.07. The standard InChI is InChI=1S/C21H26N2O2/c1-2-3-4-5-10-19-21-17(16-8-6-7-9-18(16)22-19)15-20(25-21)23-11-13-24-14-12-23/h6-9,15H,2-5,10-14H2,1H3. The molecule has 4 heteroatoms. The van der Waals surface area contributed by atoms with Crippen LogP contribution in [0.4, 0.5) is 5.88 Å². The topological polar surface area (TPSA) is 38.5 Å². The second-order valence-corrected chi connectivity index (χ2v) is 6.81. The van der Waals surface area contributed by atoms with Gasteiger partial charge in [-0.15, -0.1) is 0 Å². The zero-order valence-electron chi connectivity index (χ0n) is 15.0. The maximum Gasteiger partial charge on any atom is 0.197 e. The summed E-state index contributed by atoms with van der Waals surface area (Å²) in [5.74, 6) is 0.950. The van der Waals surface area contributed by atoms with Crippen molar-refractivity contribution in [3.63, 3.8) is 0 Å². The smallest absolute Gasteiger partial charge is 0.197 e. The van der Waals surface area contributed by atoms with Gasteiger partial charge in [0.25, 0.3) is 0 Å². The molecule has 0 bridgehead atoms. The van der Waals surface area contributed by atoms with Crippen LogP contribution in [0.3, 0.4) is 0 Å². The van der Waals surface area contributed by atoms with Gasteiger partial charge in [0.2, 0.25) is 0 Å². The molecule has 0 saturated carbocycles. The first-order chi connectivity index (χ1) is 12.4. The second-order valence-electron chi connectivity index (χ2n) is 6.81. The van der Waals surface area contributed by atoms with Crippen molar-refractivity contribution in [3.8, 4) is 0 Å². The summed E-state index contributed by atoms with van der Waals surface area (Å²) in [4.78, 5) is 7.20. The van der Waals surface area contributed by atoms with Crippen molar-refractivity contribution < 1.29 is 9.15 Å². The molecule has 132 valence electrons. The van der Waals surface area contributed by atoms with Crippen LogP contribution in [-0.4, -0.2) is 31.3 Å². The predicted molar refractivity (Wildman–Crippen MR) is 102 cm³/mol. The monoisotopic (exact) mass is 338 g/mol. The highest BCUT2D eigenvalue weighted by Crippen LogP contribution is 2.34. The lowest BCUT2D eigenvalue weighted by molar-refractivity contribution is 0.121. The van der Waals surface area contributed by atoms with Crippen molar-refractivity contribution >= 4 is 27.8 Å². The summed E-state index contributed by atoms with van der Waals surface area (Å²) in [6.07, 6.45) is 5.94. The predicted octanol–water partition coefficient (Wildman–Crippen LogP) is 4.94. The molecule has 1 aliphatic heterocycles. The molecule has 4 rings (SSSR count). The molecule has 1 aliphatic rings. The van der Waals surface area contributed by atoms with Crippen LogP contribution in [0.25, 0.3) is 21.9 Å². The van der Waals surface area contributed by atoms with Gasteiger partial charge in [0.15, 0.2) is 11.5 Å². The van der Waals surface area contributed by atoms with E-state index in [-0.39, 0.29) is 0 Å². The van der Waals surface area contributed by atoms with Crippen LogP contribution in [0, 0.1) is 0 Å². The Labute approximate surface area is 148 Å². The molecule has 0 aliphatic carbocycles. The van der Waals surface area contributed by atoms with Crippen molar-refractivity contribution in [2.75, 3.05) is 31.2 Å². The molecule has 1 fully saturated rings. The van der Waals surface area contributed by atoms with E-state index in [0.29, 0.717) is 0 Å². The SMILES string of the molecule is CCCCCCc1nc2ccccc2c2cc(N3CCOCC3)oc12. The van der Waals surface area contributed by atoms with Gasteiger partial charge in [0, 0.05) is 29.9 Å². The van der Waals surface area contributed by atoms with Crippen molar-refractivity contribution in [2.45, 2.75) is 39.0 Å². The zero-order chi connectivity index (χ0) is 17.1. The average Bonchev–Trinajstić information content (AvgIpc) is 3.12. The van der Waals surface area contributed by atoms with Gasteiger partial charge in [-0.3, -0.25) is 0 Å². The first-order valence-electron chi connectivity index (χ1n) is 9.50. The number of fused-ring (bicyclic) bond motifs is 3. The number of ether oxygens (including phenoxy) is 1. The molecule has 0 amide bonds. The molecule has 0 radical (unpaired) electrons. The van der Waals surface area contributed by atoms with Crippen LogP contribution < -0.4 is 4.90 Å². The lowest BCUT2D eigenvalue weighted by Crippen LogP contribution is -2.35. The van der Waals surface area contributed by atoms with Gasteiger partial charge in [0.1, 0.15) is 0 Å². The maximum absolute atomic E-state index is 6.31. The normalized spacial score (nSPS) is 15.3. The number of furan rings is 1. The lowest BCUT2D eigenvalue weighted by Gasteiger charge is -2.26. The Bertz CT molecular complexity index is 850. The number of aromatic nitrogens is 1. The van der Waals surface area contributed by atoms with E-state index in [9.17, 15) is 0 Å². The lowest BCUT2D eigenvalue weighted by atomic mass is 10.1. The molecular weight excluding hydrogens is 312 g/mol. The molecule has 4 nitrogen and oxygen atoms in total. The average molecular weight is 338 g/mol. The summed E-state index contributed by atoms with van der Waals surface area (Å²) in [5.41, 5.74) is 3.14. The first-order valence-corrected chi connectivity index (χ1v) is 9.50. The molecular formula is C21H26N2O2. The molecule has 25 heavy (non-hydrogen) atoms. The summed E-state index contributed by atoms with van der Waals surface area (Å²) >= 11 is 0. The van der Waals surface area contributed by atoms with Crippen molar-refractivity contribution in [1.82, 2.24) is 4.98 Å². The van der Waals surface area contributed by atoms with Gasteiger partial charge >= 0.3 is 0 Å². The number of morpholine rings is 1. The zero-order valence-corrected chi connectivity index (χ0v) is 15.0. The summed E-state index contributed by atoms with van der Waals surface area (Å²) < 4.78 is 11.8. The number of hydrogen-bond donors (Lipinski definition) is 0. The quantitative estimate of drug-likeness (QED) is 0.597. The molecule has 0 spiro atoms. The Morgan fingerprint density at radius 1 is 1.04 bits per heavy atom. The fourth-order valence-electron chi connectivity index (χ4n) is 3.62. The number of hydrogen-bond acceptors (Lipinski definition) is 4. The van der Waals surface area contributed by atoms with E-state index in [4.69, 9.17) is 14.1 Å². The number of aryl methyl sites for hydroxylation is 1. The summed E-state index contributed by atoms with van der Waals surface area (Å²) in [6, 6.07) is 10.6. The fourth-order valence-corrected chi connectivity index (χ4v) is 3.62. The molecule has 1 aromatic carbocycles. The minimum atomic E-state index is 0.764. The minimum absolute atomic E-state index is 0.764. The van der Waals surface area contributed by atoms with Crippen LogP contribution >= 0.6 is 0 Å². The van der Waals surface area contributed by atoms with Crippen LogP contribution in [0.1, 0.15) is 38.3 Å². The van der Waals surface area contributed by atoms with Gasteiger partial charge in [-0.25, -0.2) is 4.98 Å². The molecule has 2 aromatic heterocycles. The molecule has 3 aromatic rings. The van der Waals surface area contributed by atoms with Gasteiger partial charge in [-0.1, -0.05) is 44.4 Å². The Balaban J connectivity index is 1.74. The van der Waals surface area contributed by atoms with Crippen molar-refractivity contribution in [3.05, 3.63) is 36.0 Å². The van der Waals surface area contributed by atoms with E-state index < -0.39 is 0 Å². The highest BCUT2D eigenvalue weighted by atomic mass is 16.5. The van der Waals surface area contributed by atoms with Gasteiger partial charge < -0.3 is 14.1 Å². The van der Waals surface area contributed by atoms with Crippen LogP contribution in [0.15, 0.2) is 34.7 Å². The summed E-state index contributed by atoms with van der Waals surface area (Å²) in [6.45, 7) is 5.54. The third kappa shape index (κ3) is 3.36. The van der Waals surface area contributed by atoms with E-state index in [1.165, 1.54) is 36.5 Å². The first kappa shape index (κ1) is 16.4. The number of nitrogens with zero attached hydrogens (tertiary/aromatic N) is 2. The van der Waals surface area contributed by atoms with E-state index in [1.807, 2.05) is 0 Å². The minimum Gasteiger partial charge on any atom is -0.439 e. The molecule has 0 N–H and O–H groups in total. The van der Waals surface area contributed by atoms with E-state index in [0.717, 1.165) is 55.4 Å². The van der Waals surface area contributed by atoms with E-state index >= 15 is 0 Å². The van der Waals surface area contributed by atoms with Gasteiger partial charge in [-0.2, -0.15) is 0 Å². The number of pyridine rings is 1. The number of anilines is 1. The van der Waals surface area contributed by atoms with Crippen molar-refractivity contribution in [1.29, 1.82) is 0 Å². The second kappa shape index (κ2) is 7.44. The Morgan fingerprint density at radius 3 is 2.72 bits per heavy atom. The molecule has 3 heterocycles. The molecule has 0 unspecified atom stereocenters. The van der Waals surface area contributed by atoms with Gasteiger partial charge in [0.05, 0.1) is 24.4 Å². The molecule has 1 saturated heterocycles. The van der Waals surface area contributed by atoms with E-state index in [2.05, 4.69) is 42.2 Å². The number of rotatable bonds is 6. The number of benzene rings is 1. The maximum atomic E-state index is 6.31. The highest BCUT2D eigenvalue weighted by molar-refractivity contribution is 6.05. The Morgan fingerprint density at radius 2 is 1.88 bits per heavy atom. The third-order valence-corrected chi connectivity index (χ3v) is 5.02.